The highest BCUT2D eigenvalue weighted by Gasteiger charge is 2.21. The maximum atomic E-state index is 12.9. The Labute approximate surface area is 191 Å². The molecular formula is C24H22N4O4S. The first-order valence-electron chi connectivity index (χ1n) is 10.1. The van der Waals surface area contributed by atoms with Gasteiger partial charge < -0.3 is 10.4 Å². The van der Waals surface area contributed by atoms with Crippen LogP contribution >= 0.6 is 0 Å². The Morgan fingerprint density at radius 1 is 1.00 bits per heavy atom. The zero-order valence-corrected chi connectivity index (χ0v) is 18.8. The van der Waals surface area contributed by atoms with Gasteiger partial charge in [0.05, 0.1) is 16.3 Å². The van der Waals surface area contributed by atoms with Crippen molar-refractivity contribution >= 4 is 27.3 Å². The van der Waals surface area contributed by atoms with E-state index in [0.29, 0.717) is 28.2 Å². The molecule has 0 atom stereocenters. The minimum Gasteiger partial charge on any atom is -0.507 e. The van der Waals surface area contributed by atoms with Crippen LogP contribution in [0.1, 0.15) is 16.1 Å². The van der Waals surface area contributed by atoms with Crippen LogP contribution in [0.4, 0.5) is 11.4 Å². The molecule has 8 nitrogen and oxygen atoms in total. The third-order valence-corrected chi connectivity index (χ3v) is 7.03. The molecule has 4 aromatic rings. The molecule has 0 unspecified atom stereocenters. The zero-order valence-electron chi connectivity index (χ0n) is 18.0. The minimum absolute atomic E-state index is 0.102. The lowest BCUT2D eigenvalue weighted by Gasteiger charge is -2.19. The van der Waals surface area contributed by atoms with E-state index in [2.05, 4.69) is 15.5 Å². The third-order valence-electron chi connectivity index (χ3n) is 5.23. The maximum absolute atomic E-state index is 12.9. The summed E-state index contributed by atoms with van der Waals surface area (Å²) >= 11 is 0. The summed E-state index contributed by atoms with van der Waals surface area (Å²) in [6.45, 7) is 1.78. The van der Waals surface area contributed by atoms with Crippen LogP contribution in [0, 0.1) is 6.92 Å². The van der Waals surface area contributed by atoms with Gasteiger partial charge in [0.15, 0.2) is 0 Å². The molecule has 0 saturated heterocycles. The third kappa shape index (κ3) is 4.44. The quantitative estimate of drug-likeness (QED) is 0.398. The molecule has 0 spiro atoms. The Morgan fingerprint density at radius 2 is 1.70 bits per heavy atom. The van der Waals surface area contributed by atoms with Crippen LogP contribution in [0.25, 0.3) is 11.3 Å². The van der Waals surface area contributed by atoms with Gasteiger partial charge in [0.1, 0.15) is 11.4 Å². The zero-order chi connectivity index (χ0) is 23.6. The smallest absolute Gasteiger partial charge is 0.273 e. The lowest BCUT2D eigenvalue weighted by molar-refractivity contribution is 0.102. The fourth-order valence-corrected chi connectivity index (χ4v) is 4.48. The van der Waals surface area contributed by atoms with Crippen molar-refractivity contribution in [3.8, 4) is 17.0 Å². The second-order valence-electron chi connectivity index (χ2n) is 7.42. The average molecular weight is 463 g/mol. The Hall–Kier alpha value is -4.11. The Morgan fingerprint density at radius 3 is 2.39 bits per heavy atom. The second kappa shape index (κ2) is 8.79. The fourth-order valence-electron chi connectivity index (χ4n) is 3.29. The van der Waals surface area contributed by atoms with Crippen molar-refractivity contribution < 1.29 is 18.3 Å². The predicted molar refractivity (Wildman–Crippen MR) is 127 cm³/mol. The number of para-hydroxylation sites is 2. The molecule has 0 fully saturated rings. The number of nitrogens with one attached hydrogen (secondary N) is 2. The maximum Gasteiger partial charge on any atom is 0.273 e. The summed E-state index contributed by atoms with van der Waals surface area (Å²) in [4.78, 5) is 12.7. The van der Waals surface area contributed by atoms with Gasteiger partial charge in [-0.05, 0) is 61.0 Å². The SMILES string of the molecule is Cc1cccc(-c2cc(C(=O)Nc3ccc(S(=O)(=O)N(C)c4ccccc4)cc3)[nH]n2)c1O. The molecule has 3 aromatic carbocycles. The van der Waals surface area contributed by atoms with E-state index in [-0.39, 0.29) is 16.3 Å². The molecular weight excluding hydrogens is 440 g/mol. The number of rotatable bonds is 6. The Bertz CT molecular complexity index is 1400. The number of sulfonamides is 1. The molecule has 0 aliphatic rings. The van der Waals surface area contributed by atoms with Crippen molar-refractivity contribution in [1.82, 2.24) is 10.2 Å². The van der Waals surface area contributed by atoms with Gasteiger partial charge in [-0.3, -0.25) is 14.2 Å². The lowest BCUT2D eigenvalue weighted by atomic mass is 10.1. The van der Waals surface area contributed by atoms with E-state index in [0.717, 1.165) is 0 Å². The highest BCUT2D eigenvalue weighted by atomic mass is 32.2. The number of hydrogen-bond donors (Lipinski definition) is 3. The number of phenolic OH excluding ortho intramolecular Hbond substituents is 1. The van der Waals surface area contributed by atoms with Crippen molar-refractivity contribution in [3.63, 3.8) is 0 Å². The number of anilines is 2. The average Bonchev–Trinajstić information content (AvgIpc) is 3.31. The van der Waals surface area contributed by atoms with Gasteiger partial charge in [0.25, 0.3) is 15.9 Å². The molecule has 1 aromatic heterocycles. The van der Waals surface area contributed by atoms with Crippen LogP contribution in [-0.4, -0.2) is 36.7 Å². The van der Waals surface area contributed by atoms with Gasteiger partial charge in [0, 0.05) is 18.3 Å². The summed E-state index contributed by atoms with van der Waals surface area (Å²) in [6, 6.07) is 21.5. The fraction of sp³-hybridized carbons (Fsp3) is 0.0833. The largest absolute Gasteiger partial charge is 0.507 e. The molecule has 9 heteroatoms. The van der Waals surface area contributed by atoms with Crippen molar-refractivity contribution in [2.24, 2.45) is 0 Å². The van der Waals surface area contributed by atoms with E-state index in [1.165, 1.54) is 41.7 Å². The number of aromatic hydroxyl groups is 1. The summed E-state index contributed by atoms with van der Waals surface area (Å²) in [5.41, 5.74) is 2.83. The molecule has 0 bridgehead atoms. The number of H-pyrrole nitrogens is 1. The van der Waals surface area contributed by atoms with Gasteiger partial charge in [0.2, 0.25) is 0 Å². The molecule has 0 radical (unpaired) electrons. The number of amides is 1. The first-order chi connectivity index (χ1) is 15.8. The number of benzene rings is 3. The molecule has 4 rings (SSSR count). The molecule has 1 heterocycles. The number of aryl methyl sites for hydroxylation is 1. The Kier molecular flexibility index (Phi) is 5.89. The summed E-state index contributed by atoms with van der Waals surface area (Å²) in [7, 11) is -2.26. The van der Waals surface area contributed by atoms with E-state index >= 15 is 0 Å². The number of phenols is 1. The van der Waals surface area contributed by atoms with E-state index in [9.17, 15) is 18.3 Å². The number of nitrogens with zero attached hydrogens (tertiary/aromatic N) is 2. The first-order valence-corrected chi connectivity index (χ1v) is 11.5. The van der Waals surface area contributed by atoms with Gasteiger partial charge in [-0.1, -0.05) is 30.3 Å². The highest BCUT2D eigenvalue weighted by Crippen LogP contribution is 2.31. The number of aromatic amines is 1. The molecule has 3 N–H and O–H groups in total. The van der Waals surface area contributed by atoms with Crippen LogP contribution in [0.3, 0.4) is 0 Å². The molecule has 0 saturated carbocycles. The number of aromatic nitrogens is 2. The topological polar surface area (TPSA) is 115 Å². The van der Waals surface area contributed by atoms with E-state index in [4.69, 9.17) is 0 Å². The normalized spacial score (nSPS) is 11.2. The van der Waals surface area contributed by atoms with E-state index in [1.54, 1.807) is 49.4 Å². The molecule has 168 valence electrons. The number of carbonyl (C=O) groups is 1. The minimum atomic E-state index is -3.74. The Balaban J connectivity index is 1.49. The van der Waals surface area contributed by atoms with Crippen molar-refractivity contribution in [3.05, 3.63) is 90.1 Å². The molecule has 33 heavy (non-hydrogen) atoms. The number of hydrogen-bond acceptors (Lipinski definition) is 5. The molecule has 0 aliphatic heterocycles. The first kappa shape index (κ1) is 22.1. The summed E-state index contributed by atoms with van der Waals surface area (Å²) in [5.74, 6) is -0.342. The van der Waals surface area contributed by atoms with E-state index < -0.39 is 15.9 Å². The second-order valence-corrected chi connectivity index (χ2v) is 9.39. The van der Waals surface area contributed by atoms with Crippen molar-refractivity contribution in [2.75, 3.05) is 16.7 Å². The van der Waals surface area contributed by atoms with Crippen LogP contribution in [0.15, 0.2) is 83.8 Å². The molecule has 0 aliphatic carbocycles. The van der Waals surface area contributed by atoms with Crippen LogP contribution in [0.5, 0.6) is 5.75 Å². The predicted octanol–water partition coefficient (Wildman–Crippen LogP) is 4.17. The van der Waals surface area contributed by atoms with Gasteiger partial charge in [-0.25, -0.2) is 8.42 Å². The monoisotopic (exact) mass is 462 g/mol. The summed E-state index contributed by atoms with van der Waals surface area (Å²) in [5, 5.41) is 19.7. The van der Waals surface area contributed by atoms with Crippen LogP contribution in [0.2, 0.25) is 0 Å². The summed E-state index contributed by atoms with van der Waals surface area (Å²) in [6.07, 6.45) is 0. The number of carbonyl (C=O) groups excluding carboxylic acids is 1. The standard InChI is InChI=1S/C24H22N4O4S/c1-16-7-6-10-20(23(16)29)21-15-22(27-26-21)24(30)25-17-11-13-19(14-12-17)33(31,32)28(2)18-8-4-3-5-9-18/h3-15,29H,1-2H3,(H,25,30)(H,26,27). The van der Waals surface area contributed by atoms with Crippen molar-refractivity contribution in [1.29, 1.82) is 0 Å². The van der Waals surface area contributed by atoms with Gasteiger partial charge in [-0.2, -0.15) is 5.10 Å². The summed E-state index contributed by atoms with van der Waals surface area (Å²) < 4.78 is 27.0. The van der Waals surface area contributed by atoms with Gasteiger partial charge >= 0.3 is 0 Å². The van der Waals surface area contributed by atoms with Crippen LogP contribution < -0.4 is 9.62 Å². The van der Waals surface area contributed by atoms with Crippen LogP contribution in [-0.2, 0) is 10.0 Å². The van der Waals surface area contributed by atoms with Gasteiger partial charge in [-0.15, -0.1) is 0 Å². The van der Waals surface area contributed by atoms with Crippen molar-refractivity contribution in [2.45, 2.75) is 11.8 Å². The highest BCUT2D eigenvalue weighted by molar-refractivity contribution is 7.92. The lowest BCUT2D eigenvalue weighted by Crippen LogP contribution is -2.26. The molecule has 1 amide bonds. The van der Waals surface area contributed by atoms with E-state index in [1.807, 2.05) is 6.07 Å².